The summed E-state index contributed by atoms with van der Waals surface area (Å²) in [6.07, 6.45) is 1.61. The highest BCUT2D eigenvalue weighted by atomic mass is 32.1. The SMILES string of the molecule is NC(=S)c1ccc(-c2ccno2)s1. The second-order valence-corrected chi connectivity index (χ2v) is 3.93. The van der Waals surface area contributed by atoms with Gasteiger partial charge < -0.3 is 10.3 Å². The molecule has 0 aliphatic carbocycles. The number of hydrogen-bond donors (Lipinski definition) is 1. The predicted octanol–water partition coefficient (Wildman–Crippen LogP) is 2.04. The Hall–Kier alpha value is -1.20. The summed E-state index contributed by atoms with van der Waals surface area (Å²) in [5.41, 5.74) is 5.48. The molecular weight excluding hydrogens is 204 g/mol. The van der Waals surface area contributed by atoms with E-state index in [2.05, 4.69) is 5.16 Å². The Kier molecular flexibility index (Phi) is 2.12. The summed E-state index contributed by atoms with van der Waals surface area (Å²) in [6.45, 7) is 0. The number of thiocarbonyl (C=S) groups is 1. The van der Waals surface area contributed by atoms with Gasteiger partial charge in [-0.15, -0.1) is 11.3 Å². The number of hydrogen-bond acceptors (Lipinski definition) is 4. The van der Waals surface area contributed by atoms with Gasteiger partial charge in [0.25, 0.3) is 0 Å². The monoisotopic (exact) mass is 210 g/mol. The molecule has 2 N–H and O–H groups in total. The fourth-order valence-corrected chi connectivity index (χ4v) is 1.95. The van der Waals surface area contributed by atoms with E-state index in [9.17, 15) is 0 Å². The van der Waals surface area contributed by atoms with Gasteiger partial charge in [0.2, 0.25) is 0 Å². The first-order valence-corrected chi connectivity index (χ1v) is 4.80. The topological polar surface area (TPSA) is 52.0 Å². The predicted molar refractivity (Wildman–Crippen MR) is 55.7 cm³/mol. The third-order valence-electron chi connectivity index (χ3n) is 1.53. The number of nitrogens with zero attached hydrogens (tertiary/aromatic N) is 1. The number of aromatic nitrogens is 1. The van der Waals surface area contributed by atoms with Gasteiger partial charge in [-0.2, -0.15) is 0 Å². The van der Waals surface area contributed by atoms with Gasteiger partial charge in [-0.25, -0.2) is 0 Å². The molecule has 0 radical (unpaired) electrons. The van der Waals surface area contributed by atoms with Gasteiger partial charge in [0.05, 0.1) is 16.0 Å². The van der Waals surface area contributed by atoms with Crippen LogP contribution < -0.4 is 5.73 Å². The summed E-state index contributed by atoms with van der Waals surface area (Å²) in [5.74, 6) is 0.743. The molecule has 0 aliphatic heterocycles. The highest BCUT2D eigenvalue weighted by Gasteiger charge is 2.06. The smallest absolute Gasteiger partial charge is 0.176 e. The fraction of sp³-hybridized carbons (Fsp3) is 0. The van der Waals surface area contributed by atoms with Gasteiger partial charge in [0.1, 0.15) is 4.99 Å². The minimum Gasteiger partial charge on any atom is -0.389 e. The Morgan fingerprint density at radius 1 is 1.46 bits per heavy atom. The van der Waals surface area contributed by atoms with Gasteiger partial charge in [-0.1, -0.05) is 17.4 Å². The van der Waals surface area contributed by atoms with Crippen molar-refractivity contribution in [3.8, 4) is 10.6 Å². The van der Waals surface area contributed by atoms with E-state index in [4.69, 9.17) is 22.5 Å². The van der Waals surface area contributed by atoms with E-state index in [-0.39, 0.29) is 0 Å². The molecule has 2 aromatic heterocycles. The van der Waals surface area contributed by atoms with Crippen LogP contribution in [0.2, 0.25) is 0 Å². The van der Waals surface area contributed by atoms with Crippen molar-refractivity contribution < 1.29 is 4.52 Å². The molecule has 0 saturated heterocycles. The van der Waals surface area contributed by atoms with E-state index in [0.29, 0.717) is 4.99 Å². The van der Waals surface area contributed by atoms with Crippen molar-refractivity contribution in [3.05, 3.63) is 29.3 Å². The highest BCUT2D eigenvalue weighted by Crippen LogP contribution is 2.27. The Labute approximate surface area is 84.2 Å². The third kappa shape index (κ3) is 1.61. The summed E-state index contributed by atoms with van der Waals surface area (Å²) < 4.78 is 4.99. The van der Waals surface area contributed by atoms with Crippen molar-refractivity contribution in [1.29, 1.82) is 0 Å². The lowest BCUT2D eigenvalue weighted by molar-refractivity contribution is 0.433. The first-order valence-electron chi connectivity index (χ1n) is 3.58. The van der Waals surface area contributed by atoms with Crippen molar-refractivity contribution in [2.24, 2.45) is 5.73 Å². The Bertz CT molecular complexity index is 419. The van der Waals surface area contributed by atoms with Crippen molar-refractivity contribution in [2.75, 3.05) is 0 Å². The molecule has 0 aromatic carbocycles. The van der Waals surface area contributed by atoms with Crippen molar-refractivity contribution >= 4 is 28.5 Å². The molecule has 5 heteroatoms. The second-order valence-electron chi connectivity index (χ2n) is 2.40. The van der Waals surface area contributed by atoms with Crippen LogP contribution in [-0.2, 0) is 0 Å². The molecule has 0 fully saturated rings. The van der Waals surface area contributed by atoms with Crippen LogP contribution >= 0.6 is 23.6 Å². The lowest BCUT2D eigenvalue weighted by atomic mass is 10.3. The van der Waals surface area contributed by atoms with Crippen molar-refractivity contribution in [2.45, 2.75) is 0 Å². The Balaban J connectivity index is 2.39. The molecule has 3 nitrogen and oxygen atoms in total. The number of nitrogens with two attached hydrogens (primary N) is 1. The minimum absolute atomic E-state index is 0.413. The average Bonchev–Trinajstić information content (AvgIpc) is 2.75. The standard InChI is InChI=1S/C8H6N2OS2/c9-8(12)7-2-1-6(13-7)5-3-4-10-11-5/h1-4H,(H2,9,12). The van der Waals surface area contributed by atoms with Gasteiger partial charge >= 0.3 is 0 Å². The molecule has 13 heavy (non-hydrogen) atoms. The molecule has 0 saturated carbocycles. The van der Waals surface area contributed by atoms with E-state index in [1.54, 1.807) is 12.3 Å². The summed E-state index contributed by atoms with van der Waals surface area (Å²) in [6, 6.07) is 5.60. The van der Waals surface area contributed by atoms with Gasteiger partial charge in [-0.05, 0) is 12.1 Å². The van der Waals surface area contributed by atoms with Crippen molar-refractivity contribution in [3.63, 3.8) is 0 Å². The van der Waals surface area contributed by atoms with Crippen molar-refractivity contribution in [1.82, 2.24) is 5.16 Å². The summed E-state index contributed by atoms with van der Waals surface area (Å²) in [5, 5.41) is 3.62. The first kappa shape index (κ1) is 8.40. The van der Waals surface area contributed by atoms with E-state index in [0.717, 1.165) is 15.5 Å². The maximum atomic E-state index is 5.48. The molecule has 0 spiro atoms. The zero-order chi connectivity index (χ0) is 9.26. The van der Waals surface area contributed by atoms with Crippen LogP contribution in [0.3, 0.4) is 0 Å². The van der Waals surface area contributed by atoms with Crippen LogP contribution in [0.5, 0.6) is 0 Å². The molecule has 0 bridgehead atoms. The van der Waals surface area contributed by atoms with Gasteiger partial charge in [0.15, 0.2) is 5.76 Å². The zero-order valence-electron chi connectivity index (χ0n) is 6.56. The Morgan fingerprint density at radius 3 is 2.85 bits per heavy atom. The normalized spacial score (nSPS) is 10.2. The number of thiophene rings is 1. The zero-order valence-corrected chi connectivity index (χ0v) is 8.19. The van der Waals surface area contributed by atoms with E-state index in [1.807, 2.05) is 12.1 Å². The van der Waals surface area contributed by atoms with Crippen LogP contribution in [0.25, 0.3) is 10.6 Å². The van der Waals surface area contributed by atoms with Crippen LogP contribution in [0.4, 0.5) is 0 Å². The van der Waals surface area contributed by atoms with E-state index in [1.165, 1.54) is 11.3 Å². The molecule has 2 aromatic rings. The first-order chi connectivity index (χ1) is 6.27. The number of rotatable bonds is 2. The largest absolute Gasteiger partial charge is 0.389 e. The molecule has 2 rings (SSSR count). The summed E-state index contributed by atoms with van der Waals surface area (Å²) >= 11 is 6.35. The Morgan fingerprint density at radius 2 is 2.31 bits per heavy atom. The quantitative estimate of drug-likeness (QED) is 0.771. The van der Waals surface area contributed by atoms with E-state index < -0.39 is 0 Å². The van der Waals surface area contributed by atoms with Crippen LogP contribution in [-0.4, -0.2) is 10.1 Å². The fourth-order valence-electron chi connectivity index (χ4n) is 0.946. The molecule has 66 valence electrons. The molecule has 2 heterocycles. The minimum atomic E-state index is 0.413. The molecular formula is C8H6N2OS2. The summed E-state index contributed by atoms with van der Waals surface area (Å²) in [7, 11) is 0. The van der Waals surface area contributed by atoms with Gasteiger partial charge in [0, 0.05) is 6.07 Å². The molecule has 0 amide bonds. The van der Waals surface area contributed by atoms with Crippen LogP contribution in [0, 0.1) is 0 Å². The lowest BCUT2D eigenvalue weighted by Gasteiger charge is -1.88. The maximum absolute atomic E-state index is 5.48. The molecule has 0 atom stereocenters. The molecule has 0 aliphatic rings. The maximum Gasteiger partial charge on any atom is 0.176 e. The second kappa shape index (κ2) is 3.27. The third-order valence-corrected chi connectivity index (χ3v) is 3.01. The lowest BCUT2D eigenvalue weighted by Crippen LogP contribution is -2.06. The average molecular weight is 210 g/mol. The highest BCUT2D eigenvalue weighted by molar-refractivity contribution is 7.81. The van der Waals surface area contributed by atoms with E-state index >= 15 is 0 Å². The summed E-state index contributed by atoms with van der Waals surface area (Å²) in [4.78, 5) is 2.29. The van der Waals surface area contributed by atoms with Crippen LogP contribution in [0.15, 0.2) is 28.9 Å². The van der Waals surface area contributed by atoms with Crippen LogP contribution in [0.1, 0.15) is 4.88 Å². The molecule has 0 unspecified atom stereocenters. The van der Waals surface area contributed by atoms with Gasteiger partial charge in [-0.3, -0.25) is 0 Å².